The summed E-state index contributed by atoms with van der Waals surface area (Å²) in [6, 6.07) is 12.6. The number of aromatic nitrogens is 2. The number of esters is 1. The minimum absolute atomic E-state index is 0.0246. The first-order valence-corrected chi connectivity index (χ1v) is 9.57. The molecule has 8 heteroatoms. The van der Waals surface area contributed by atoms with E-state index in [-0.39, 0.29) is 31.1 Å². The van der Waals surface area contributed by atoms with Crippen molar-refractivity contribution in [1.82, 2.24) is 10.1 Å². The Hall–Kier alpha value is -3.68. The van der Waals surface area contributed by atoms with Gasteiger partial charge in [-0.15, -0.1) is 0 Å². The average molecular weight is 408 g/mol. The zero-order valence-electron chi connectivity index (χ0n) is 16.4. The summed E-state index contributed by atoms with van der Waals surface area (Å²) in [5, 5.41) is 3.92. The summed E-state index contributed by atoms with van der Waals surface area (Å²) in [7, 11) is 0. The number of ketones is 1. The van der Waals surface area contributed by atoms with Crippen LogP contribution >= 0.6 is 0 Å². The monoisotopic (exact) mass is 408 g/mol. The predicted molar refractivity (Wildman–Crippen MR) is 105 cm³/mol. The van der Waals surface area contributed by atoms with Crippen LogP contribution in [0.15, 0.2) is 47.0 Å². The number of carbonyl (C=O) groups is 2. The quantitative estimate of drug-likeness (QED) is 0.432. The molecule has 0 bridgehead atoms. The average Bonchev–Trinajstić information content (AvgIpc) is 3.25. The van der Waals surface area contributed by atoms with E-state index in [0.29, 0.717) is 36.1 Å². The molecule has 0 fully saturated rings. The van der Waals surface area contributed by atoms with Gasteiger partial charge in [-0.1, -0.05) is 29.4 Å². The molecule has 4 rings (SSSR count). The van der Waals surface area contributed by atoms with Crippen LogP contribution < -0.4 is 9.47 Å². The third kappa shape index (κ3) is 4.48. The number of aryl methyl sites for hydroxylation is 1. The van der Waals surface area contributed by atoms with Gasteiger partial charge in [0.25, 0.3) is 5.89 Å². The highest BCUT2D eigenvalue weighted by Crippen LogP contribution is 2.31. The second-order valence-corrected chi connectivity index (χ2v) is 6.77. The van der Waals surface area contributed by atoms with Crippen LogP contribution in [0.25, 0.3) is 11.4 Å². The standard InChI is InChI=1S/C22H20N2O6/c1-14-4-2-3-5-16(14)22-23-20(30-24-22)13-29-21(26)9-7-17(25)15-6-8-18-19(12-15)28-11-10-27-18/h2-6,8,12H,7,9-11,13H2,1H3. The fraction of sp³-hybridized carbons (Fsp3) is 0.273. The van der Waals surface area contributed by atoms with Crippen LogP contribution in [0.1, 0.15) is 34.7 Å². The summed E-state index contributed by atoms with van der Waals surface area (Å²) in [5.74, 6) is 1.09. The lowest BCUT2D eigenvalue weighted by atomic mass is 10.1. The van der Waals surface area contributed by atoms with Crippen LogP contribution in [0.4, 0.5) is 0 Å². The second kappa shape index (κ2) is 8.77. The van der Waals surface area contributed by atoms with Gasteiger partial charge in [0.15, 0.2) is 23.9 Å². The first kappa shape index (κ1) is 19.6. The SMILES string of the molecule is Cc1ccccc1-c1noc(COC(=O)CCC(=O)c2ccc3c(c2)OCCO3)n1. The molecule has 0 atom stereocenters. The maximum atomic E-state index is 12.4. The van der Waals surface area contributed by atoms with Gasteiger partial charge in [0.2, 0.25) is 5.82 Å². The highest BCUT2D eigenvalue weighted by molar-refractivity contribution is 5.98. The van der Waals surface area contributed by atoms with Gasteiger partial charge in [-0.05, 0) is 30.7 Å². The fourth-order valence-electron chi connectivity index (χ4n) is 3.04. The Kier molecular flexibility index (Phi) is 5.74. The van der Waals surface area contributed by atoms with Crippen molar-refractivity contribution in [2.75, 3.05) is 13.2 Å². The summed E-state index contributed by atoms with van der Waals surface area (Å²) in [6.45, 7) is 2.73. The molecule has 0 spiro atoms. The molecule has 154 valence electrons. The van der Waals surface area contributed by atoms with Gasteiger partial charge in [-0.25, -0.2) is 0 Å². The van der Waals surface area contributed by atoms with E-state index in [9.17, 15) is 9.59 Å². The lowest BCUT2D eigenvalue weighted by molar-refractivity contribution is -0.145. The van der Waals surface area contributed by atoms with E-state index in [1.165, 1.54) is 0 Å². The van der Waals surface area contributed by atoms with Gasteiger partial charge in [0.1, 0.15) is 13.2 Å². The highest BCUT2D eigenvalue weighted by atomic mass is 16.6. The van der Waals surface area contributed by atoms with Gasteiger partial charge in [-0.3, -0.25) is 9.59 Å². The number of hydrogen-bond acceptors (Lipinski definition) is 8. The third-order valence-corrected chi connectivity index (χ3v) is 4.63. The predicted octanol–water partition coefficient (Wildman–Crippen LogP) is 3.52. The normalized spacial score (nSPS) is 12.4. The van der Waals surface area contributed by atoms with E-state index >= 15 is 0 Å². The number of rotatable bonds is 7. The Bertz CT molecular complexity index is 1070. The summed E-state index contributed by atoms with van der Waals surface area (Å²) in [4.78, 5) is 28.6. The summed E-state index contributed by atoms with van der Waals surface area (Å²) in [6.07, 6.45) is -0.0250. The molecule has 0 radical (unpaired) electrons. The molecule has 1 aliphatic rings. The molecule has 2 aromatic carbocycles. The second-order valence-electron chi connectivity index (χ2n) is 6.77. The molecule has 30 heavy (non-hydrogen) atoms. The molecule has 3 aromatic rings. The minimum Gasteiger partial charge on any atom is -0.486 e. The van der Waals surface area contributed by atoms with Crippen molar-refractivity contribution >= 4 is 11.8 Å². The Labute approximate surface area is 172 Å². The van der Waals surface area contributed by atoms with Crippen LogP contribution in [-0.4, -0.2) is 35.1 Å². The van der Waals surface area contributed by atoms with E-state index in [2.05, 4.69) is 10.1 Å². The zero-order chi connectivity index (χ0) is 20.9. The van der Waals surface area contributed by atoms with Gasteiger partial charge in [0.05, 0.1) is 6.42 Å². The molecule has 0 N–H and O–H groups in total. The Morgan fingerprint density at radius 2 is 1.83 bits per heavy atom. The number of Topliss-reactive ketones (excluding diaryl/α,β-unsaturated/α-hetero) is 1. The molecule has 0 saturated heterocycles. The van der Waals surface area contributed by atoms with E-state index < -0.39 is 5.97 Å². The Balaban J connectivity index is 1.27. The lowest BCUT2D eigenvalue weighted by Crippen LogP contribution is -2.16. The number of nitrogens with zero attached hydrogens (tertiary/aromatic N) is 2. The van der Waals surface area contributed by atoms with Gasteiger partial charge in [0, 0.05) is 17.5 Å². The molecule has 0 aliphatic carbocycles. The van der Waals surface area contributed by atoms with Crippen molar-refractivity contribution in [2.24, 2.45) is 0 Å². The number of carbonyl (C=O) groups excluding carboxylic acids is 2. The summed E-state index contributed by atoms with van der Waals surface area (Å²) < 4.78 is 21.2. The van der Waals surface area contributed by atoms with E-state index in [4.69, 9.17) is 18.7 Å². The molecule has 0 saturated carbocycles. The number of fused-ring (bicyclic) bond motifs is 1. The molecular formula is C22H20N2O6. The molecule has 1 aromatic heterocycles. The minimum atomic E-state index is -0.517. The molecular weight excluding hydrogens is 388 g/mol. The maximum Gasteiger partial charge on any atom is 0.306 e. The molecule has 2 heterocycles. The molecule has 8 nitrogen and oxygen atoms in total. The summed E-state index contributed by atoms with van der Waals surface area (Å²) in [5.41, 5.74) is 2.33. The van der Waals surface area contributed by atoms with Crippen LogP contribution in [0.2, 0.25) is 0 Å². The van der Waals surface area contributed by atoms with Crippen molar-refractivity contribution in [2.45, 2.75) is 26.4 Å². The summed E-state index contributed by atoms with van der Waals surface area (Å²) >= 11 is 0. The highest BCUT2D eigenvalue weighted by Gasteiger charge is 2.17. The van der Waals surface area contributed by atoms with Crippen molar-refractivity contribution in [1.29, 1.82) is 0 Å². The smallest absolute Gasteiger partial charge is 0.306 e. The van der Waals surface area contributed by atoms with Gasteiger partial charge in [-0.2, -0.15) is 4.98 Å². The van der Waals surface area contributed by atoms with E-state index in [1.54, 1.807) is 18.2 Å². The zero-order valence-corrected chi connectivity index (χ0v) is 16.4. The Morgan fingerprint density at radius 1 is 1.03 bits per heavy atom. The maximum absolute atomic E-state index is 12.4. The third-order valence-electron chi connectivity index (χ3n) is 4.63. The fourth-order valence-corrected chi connectivity index (χ4v) is 3.04. The van der Waals surface area contributed by atoms with Crippen LogP contribution in [-0.2, 0) is 16.1 Å². The largest absolute Gasteiger partial charge is 0.486 e. The van der Waals surface area contributed by atoms with E-state index in [0.717, 1.165) is 11.1 Å². The van der Waals surface area contributed by atoms with Crippen molar-refractivity contribution in [3.63, 3.8) is 0 Å². The van der Waals surface area contributed by atoms with Crippen molar-refractivity contribution < 1.29 is 28.3 Å². The number of ether oxygens (including phenoxy) is 3. The van der Waals surface area contributed by atoms with Crippen LogP contribution in [0.5, 0.6) is 11.5 Å². The first-order valence-electron chi connectivity index (χ1n) is 9.57. The molecule has 0 unspecified atom stereocenters. The Morgan fingerprint density at radius 3 is 2.67 bits per heavy atom. The van der Waals surface area contributed by atoms with Crippen molar-refractivity contribution in [3.8, 4) is 22.9 Å². The van der Waals surface area contributed by atoms with Gasteiger partial charge >= 0.3 is 5.97 Å². The van der Waals surface area contributed by atoms with Crippen LogP contribution in [0, 0.1) is 6.92 Å². The molecule has 1 aliphatic heterocycles. The molecule has 0 amide bonds. The topological polar surface area (TPSA) is 101 Å². The lowest BCUT2D eigenvalue weighted by Gasteiger charge is -2.18. The number of hydrogen-bond donors (Lipinski definition) is 0. The van der Waals surface area contributed by atoms with Gasteiger partial charge < -0.3 is 18.7 Å². The number of benzene rings is 2. The van der Waals surface area contributed by atoms with Crippen LogP contribution in [0.3, 0.4) is 0 Å². The van der Waals surface area contributed by atoms with E-state index in [1.807, 2.05) is 31.2 Å². The van der Waals surface area contributed by atoms with Crippen molar-refractivity contribution in [3.05, 3.63) is 59.5 Å². The first-order chi connectivity index (χ1) is 14.6.